The van der Waals surface area contributed by atoms with Gasteiger partial charge in [-0.3, -0.25) is 4.90 Å². The van der Waals surface area contributed by atoms with E-state index in [2.05, 4.69) is 4.74 Å². The van der Waals surface area contributed by atoms with Crippen molar-refractivity contribution >= 4 is 5.69 Å². The van der Waals surface area contributed by atoms with Crippen molar-refractivity contribution in [3.8, 4) is 5.75 Å². The number of hydrogen-bond donors (Lipinski definition) is 4. The number of ether oxygens (including phenoxy) is 1. The lowest BCUT2D eigenvalue weighted by Crippen LogP contribution is -2.67. The molecule has 32 heavy (non-hydrogen) atoms. The lowest BCUT2D eigenvalue weighted by molar-refractivity contribution is -0.280. The third kappa shape index (κ3) is 2.73. The quantitative estimate of drug-likeness (QED) is 0.420. The molecule has 0 aromatic heterocycles. The predicted molar refractivity (Wildman–Crippen MR) is 102 cm³/mol. The van der Waals surface area contributed by atoms with Gasteiger partial charge in [0.1, 0.15) is 11.6 Å². The zero-order valence-electron chi connectivity index (χ0n) is 16.8. The van der Waals surface area contributed by atoms with Gasteiger partial charge in [-0.1, -0.05) is 31.2 Å². The van der Waals surface area contributed by atoms with Gasteiger partial charge in [0.15, 0.2) is 0 Å². The molecule has 4 N–H and O–H groups in total. The van der Waals surface area contributed by atoms with Crippen molar-refractivity contribution in [2.24, 2.45) is 16.7 Å². The van der Waals surface area contributed by atoms with Gasteiger partial charge in [0.25, 0.3) is 11.8 Å². The zero-order chi connectivity index (χ0) is 23.3. The SMILES string of the molecule is CC12CC13CC3C(c1ccc(OC(F)(F)F)cc1)C(O)(O)N(c1ccccc1F)C2(O)O. The number of hydrogen-bond acceptors (Lipinski definition) is 6. The summed E-state index contributed by atoms with van der Waals surface area (Å²) in [6, 6.07) is 9.66. The van der Waals surface area contributed by atoms with Gasteiger partial charge in [0, 0.05) is 5.41 Å². The zero-order valence-corrected chi connectivity index (χ0v) is 16.8. The second kappa shape index (κ2) is 6.13. The summed E-state index contributed by atoms with van der Waals surface area (Å²) in [5.41, 5.74) is -1.95. The molecular formula is C22H21F4NO5. The van der Waals surface area contributed by atoms with Crippen molar-refractivity contribution in [2.45, 2.75) is 43.9 Å². The summed E-state index contributed by atoms with van der Waals surface area (Å²) < 4.78 is 56.1. The first kappa shape index (κ1) is 21.4. The molecule has 5 rings (SSSR count). The van der Waals surface area contributed by atoms with E-state index in [-0.39, 0.29) is 5.56 Å². The summed E-state index contributed by atoms with van der Waals surface area (Å²) in [6.07, 6.45) is -4.05. The Bertz CT molecular complexity index is 1070. The lowest BCUT2D eigenvalue weighted by Gasteiger charge is -2.49. The van der Waals surface area contributed by atoms with Gasteiger partial charge in [0.05, 0.1) is 11.6 Å². The van der Waals surface area contributed by atoms with Crippen molar-refractivity contribution in [3.63, 3.8) is 0 Å². The highest BCUT2D eigenvalue weighted by Gasteiger charge is 2.89. The summed E-state index contributed by atoms with van der Waals surface area (Å²) in [4.78, 5) is 0.473. The van der Waals surface area contributed by atoms with Crippen molar-refractivity contribution in [2.75, 3.05) is 4.90 Å². The van der Waals surface area contributed by atoms with Crippen LogP contribution >= 0.6 is 0 Å². The summed E-state index contributed by atoms with van der Waals surface area (Å²) in [6.45, 7) is 1.60. The van der Waals surface area contributed by atoms with E-state index in [1.807, 2.05) is 0 Å². The Labute approximate surface area is 180 Å². The largest absolute Gasteiger partial charge is 0.573 e. The van der Waals surface area contributed by atoms with E-state index >= 15 is 0 Å². The fourth-order valence-electron chi connectivity index (χ4n) is 5.84. The minimum atomic E-state index is -4.88. The lowest BCUT2D eigenvalue weighted by atomic mass is 9.88. The highest BCUT2D eigenvalue weighted by atomic mass is 19.4. The maximum atomic E-state index is 14.7. The second-order valence-electron chi connectivity index (χ2n) is 9.18. The summed E-state index contributed by atoms with van der Waals surface area (Å²) >= 11 is 0. The smallest absolute Gasteiger partial charge is 0.406 e. The van der Waals surface area contributed by atoms with Crippen LogP contribution in [0.4, 0.5) is 23.2 Å². The predicted octanol–water partition coefficient (Wildman–Crippen LogP) is 3.02. The minimum Gasteiger partial charge on any atom is -0.406 e. The number of benzene rings is 2. The second-order valence-corrected chi connectivity index (χ2v) is 9.18. The van der Waals surface area contributed by atoms with E-state index in [1.54, 1.807) is 6.92 Å². The Hall–Kier alpha value is -2.40. The van der Waals surface area contributed by atoms with Crippen molar-refractivity contribution in [1.82, 2.24) is 0 Å². The molecular weight excluding hydrogens is 434 g/mol. The van der Waals surface area contributed by atoms with Gasteiger partial charge >= 0.3 is 6.36 Å². The molecule has 6 nitrogen and oxygen atoms in total. The van der Waals surface area contributed by atoms with Crippen LogP contribution in [0.5, 0.6) is 5.75 Å². The summed E-state index contributed by atoms with van der Waals surface area (Å²) in [7, 11) is 0. The van der Waals surface area contributed by atoms with Gasteiger partial charge in [-0.05, 0) is 54.0 Å². The van der Waals surface area contributed by atoms with Crippen LogP contribution in [0.15, 0.2) is 48.5 Å². The third-order valence-electron chi connectivity index (χ3n) is 7.54. The Morgan fingerprint density at radius 1 is 1.00 bits per heavy atom. The highest BCUT2D eigenvalue weighted by molar-refractivity contribution is 5.56. The van der Waals surface area contributed by atoms with Crippen LogP contribution < -0.4 is 9.64 Å². The number of rotatable bonds is 3. The van der Waals surface area contributed by atoms with E-state index in [0.29, 0.717) is 17.7 Å². The van der Waals surface area contributed by atoms with Crippen LogP contribution in [0.3, 0.4) is 0 Å². The number of aliphatic hydroxyl groups is 4. The summed E-state index contributed by atoms with van der Waals surface area (Å²) in [5.74, 6) is -8.72. The van der Waals surface area contributed by atoms with Gasteiger partial charge in [0.2, 0.25) is 0 Å². The molecule has 172 valence electrons. The normalized spacial score (nSPS) is 34.2. The van der Waals surface area contributed by atoms with Crippen LogP contribution in [0.25, 0.3) is 0 Å². The van der Waals surface area contributed by atoms with Crippen LogP contribution in [0.1, 0.15) is 31.2 Å². The number of anilines is 1. The van der Waals surface area contributed by atoms with E-state index in [4.69, 9.17) is 0 Å². The Balaban J connectivity index is 1.62. The molecule has 4 atom stereocenters. The standard InChI is InChI=1S/C22H21F4NO5/c1-18-11-19(18)10-14(19)17(12-6-8-13(9-7-12)32-22(24,25)26)20(28,29)27(21(18,30)31)16-5-3-2-4-15(16)23/h2-9,14,17,28-31H,10-11H2,1H3. The summed E-state index contributed by atoms with van der Waals surface area (Å²) in [5, 5.41) is 45.0. The average Bonchev–Trinajstić information content (AvgIpc) is 3.53. The fourth-order valence-corrected chi connectivity index (χ4v) is 5.84. The monoisotopic (exact) mass is 455 g/mol. The van der Waals surface area contributed by atoms with E-state index in [0.717, 1.165) is 18.2 Å². The number of halogens is 4. The van der Waals surface area contributed by atoms with E-state index in [1.165, 1.54) is 30.3 Å². The molecule has 3 fully saturated rings. The first-order chi connectivity index (χ1) is 14.7. The minimum absolute atomic E-state index is 0.250. The third-order valence-corrected chi connectivity index (χ3v) is 7.54. The van der Waals surface area contributed by atoms with E-state index < -0.39 is 58.1 Å². The highest BCUT2D eigenvalue weighted by Crippen LogP contribution is 2.88. The first-order valence-corrected chi connectivity index (χ1v) is 10.0. The van der Waals surface area contributed by atoms with Crippen molar-refractivity contribution < 1.29 is 42.7 Å². The molecule has 4 unspecified atom stereocenters. The molecule has 1 heterocycles. The number of para-hydroxylation sites is 1. The Morgan fingerprint density at radius 3 is 2.22 bits per heavy atom. The maximum Gasteiger partial charge on any atom is 0.573 e. The number of nitrogens with zero attached hydrogens (tertiary/aromatic N) is 1. The van der Waals surface area contributed by atoms with Gasteiger partial charge in [-0.15, -0.1) is 13.2 Å². The molecule has 0 bridgehead atoms. The molecule has 0 amide bonds. The van der Waals surface area contributed by atoms with Crippen molar-refractivity contribution in [3.05, 3.63) is 59.9 Å². The molecule has 3 aliphatic rings. The molecule has 2 aromatic carbocycles. The molecule has 2 saturated carbocycles. The van der Waals surface area contributed by atoms with Gasteiger partial charge in [-0.2, -0.15) is 0 Å². The number of alkyl halides is 3. The van der Waals surface area contributed by atoms with Crippen molar-refractivity contribution in [1.29, 1.82) is 0 Å². The Kier molecular flexibility index (Phi) is 4.11. The van der Waals surface area contributed by atoms with Crippen LogP contribution in [-0.4, -0.2) is 38.6 Å². The fraction of sp³-hybridized carbons (Fsp3) is 0.455. The maximum absolute atomic E-state index is 14.7. The molecule has 10 heteroatoms. The van der Waals surface area contributed by atoms with E-state index in [9.17, 15) is 38.0 Å². The van der Waals surface area contributed by atoms with Crippen LogP contribution in [-0.2, 0) is 0 Å². The van der Waals surface area contributed by atoms with Gasteiger partial charge in [-0.25, -0.2) is 4.39 Å². The van der Waals surface area contributed by atoms with Crippen LogP contribution in [0, 0.1) is 22.6 Å². The average molecular weight is 455 g/mol. The Morgan fingerprint density at radius 2 is 1.62 bits per heavy atom. The molecule has 2 aromatic rings. The van der Waals surface area contributed by atoms with Gasteiger partial charge < -0.3 is 25.2 Å². The van der Waals surface area contributed by atoms with Crippen LogP contribution in [0.2, 0.25) is 0 Å². The molecule has 0 radical (unpaired) electrons. The topological polar surface area (TPSA) is 93.4 Å². The molecule has 1 saturated heterocycles. The molecule has 1 spiro atoms. The molecule has 1 aliphatic heterocycles. The first-order valence-electron chi connectivity index (χ1n) is 10.0. The molecule has 2 aliphatic carbocycles.